The summed E-state index contributed by atoms with van der Waals surface area (Å²) in [4.78, 5) is 0. The van der Waals surface area contributed by atoms with E-state index >= 15 is 0 Å². The molecule has 2 N–H and O–H groups in total. The Labute approximate surface area is 88.8 Å². The molecule has 15 heavy (non-hydrogen) atoms. The van der Waals surface area contributed by atoms with Crippen LogP contribution in [0.4, 0.5) is 5.69 Å². The summed E-state index contributed by atoms with van der Waals surface area (Å²) in [6.07, 6.45) is 2.79. The third-order valence-electron chi connectivity index (χ3n) is 2.28. The Hall–Kier alpha value is -1.84. The fourth-order valence-electron chi connectivity index (χ4n) is 1.57. The predicted octanol–water partition coefficient (Wildman–Crippen LogP) is 1.94. The van der Waals surface area contributed by atoms with Gasteiger partial charge in [-0.1, -0.05) is 19.1 Å². The van der Waals surface area contributed by atoms with E-state index in [1.807, 2.05) is 28.8 Å². The van der Waals surface area contributed by atoms with Gasteiger partial charge in [-0.15, -0.1) is 10.2 Å². The molecule has 0 radical (unpaired) electrons. The lowest BCUT2D eigenvalue weighted by Gasteiger charge is -2.06. The molecule has 0 saturated heterocycles. The Kier molecular flexibility index (Phi) is 2.67. The molecule has 0 aliphatic heterocycles. The zero-order valence-corrected chi connectivity index (χ0v) is 8.72. The highest BCUT2D eigenvalue weighted by Gasteiger charge is 2.08. The average molecular weight is 202 g/mol. The number of nitrogen functional groups attached to an aromatic ring is 1. The van der Waals surface area contributed by atoms with Gasteiger partial charge in [0.15, 0.2) is 5.82 Å². The molecule has 0 fully saturated rings. The number of aromatic nitrogens is 3. The van der Waals surface area contributed by atoms with E-state index < -0.39 is 0 Å². The van der Waals surface area contributed by atoms with Crippen LogP contribution in [-0.2, 0) is 6.54 Å². The molecule has 1 heterocycles. The number of hydrogen-bond donors (Lipinski definition) is 1. The van der Waals surface area contributed by atoms with Crippen LogP contribution in [0.1, 0.15) is 13.3 Å². The number of anilines is 1. The standard InChI is InChI=1S/C11H14N4/c1-2-7-15-8-13-14-11(15)9-5-3-4-6-10(9)12/h3-6,8H,2,7,12H2,1H3. The Balaban J connectivity index is 2.45. The molecule has 1 aromatic heterocycles. The van der Waals surface area contributed by atoms with Crippen LogP contribution in [0.25, 0.3) is 11.4 Å². The Bertz CT molecular complexity index is 447. The van der Waals surface area contributed by atoms with Crippen LogP contribution in [0.5, 0.6) is 0 Å². The zero-order valence-electron chi connectivity index (χ0n) is 8.72. The molecule has 0 saturated carbocycles. The topological polar surface area (TPSA) is 56.7 Å². The quantitative estimate of drug-likeness (QED) is 0.774. The molecule has 0 atom stereocenters. The predicted molar refractivity (Wildman–Crippen MR) is 60.2 cm³/mol. The number of rotatable bonds is 3. The van der Waals surface area contributed by atoms with Crippen LogP contribution in [-0.4, -0.2) is 14.8 Å². The van der Waals surface area contributed by atoms with Crippen LogP contribution in [0.3, 0.4) is 0 Å². The number of nitrogens with zero attached hydrogens (tertiary/aromatic N) is 3. The van der Waals surface area contributed by atoms with Crippen molar-refractivity contribution in [3.63, 3.8) is 0 Å². The van der Waals surface area contributed by atoms with Crippen molar-refractivity contribution in [3.8, 4) is 11.4 Å². The number of benzene rings is 1. The lowest BCUT2D eigenvalue weighted by atomic mass is 10.1. The first-order valence-electron chi connectivity index (χ1n) is 5.05. The maximum Gasteiger partial charge on any atom is 0.165 e. The molecule has 0 spiro atoms. The number of nitrogens with two attached hydrogens (primary N) is 1. The molecule has 4 heteroatoms. The fraction of sp³-hybridized carbons (Fsp3) is 0.273. The minimum Gasteiger partial charge on any atom is -0.398 e. The Morgan fingerprint density at radius 3 is 2.87 bits per heavy atom. The molecule has 0 aliphatic carbocycles. The second kappa shape index (κ2) is 4.13. The molecule has 2 aromatic rings. The fourth-order valence-corrected chi connectivity index (χ4v) is 1.57. The van der Waals surface area contributed by atoms with Gasteiger partial charge in [0.25, 0.3) is 0 Å². The third kappa shape index (κ3) is 1.83. The van der Waals surface area contributed by atoms with Crippen molar-refractivity contribution in [2.75, 3.05) is 5.73 Å². The van der Waals surface area contributed by atoms with Gasteiger partial charge in [0.2, 0.25) is 0 Å². The van der Waals surface area contributed by atoms with Crippen LogP contribution in [0.15, 0.2) is 30.6 Å². The van der Waals surface area contributed by atoms with Gasteiger partial charge in [-0.3, -0.25) is 0 Å². The van der Waals surface area contributed by atoms with E-state index in [0.29, 0.717) is 0 Å². The minimum atomic E-state index is 0.739. The maximum absolute atomic E-state index is 5.90. The summed E-state index contributed by atoms with van der Waals surface area (Å²) in [5, 5.41) is 8.01. The molecule has 0 bridgehead atoms. The number of hydrogen-bond acceptors (Lipinski definition) is 3. The highest BCUT2D eigenvalue weighted by atomic mass is 15.3. The monoisotopic (exact) mass is 202 g/mol. The van der Waals surface area contributed by atoms with E-state index in [2.05, 4.69) is 17.1 Å². The van der Waals surface area contributed by atoms with E-state index in [-0.39, 0.29) is 0 Å². The molecule has 2 rings (SSSR count). The molecular weight excluding hydrogens is 188 g/mol. The van der Waals surface area contributed by atoms with Crippen LogP contribution in [0, 0.1) is 0 Å². The lowest BCUT2D eigenvalue weighted by molar-refractivity contribution is 0.683. The molecule has 0 aliphatic rings. The van der Waals surface area contributed by atoms with Crippen molar-refractivity contribution in [3.05, 3.63) is 30.6 Å². The smallest absolute Gasteiger partial charge is 0.165 e. The SMILES string of the molecule is CCCn1cnnc1-c1ccccc1N. The summed E-state index contributed by atoms with van der Waals surface area (Å²) in [6.45, 7) is 3.04. The molecule has 78 valence electrons. The summed E-state index contributed by atoms with van der Waals surface area (Å²) in [6, 6.07) is 7.71. The van der Waals surface area contributed by atoms with Crippen molar-refractivity contribution in [1.82, 2.24) is 14.8 Å². The minimum absolute atomic E-state index is 0.739. The van der Waals surface area contributed by atoms with Crippen molar-refractivity contribution in [2.24, 2.45) is 0 Å². The second-order valence-corrected chi connectivity index (χ2v) is 3.44. The summed E-state index contributed by atoms with van der Waals surface area (Å²) in [5.41, 5.74) is 7.58. The summed E-state index contributed by atoms with van der Waals surface area (Å²) < 4.78 is 2.02. The number of aryl methyl sites for hydroxylation is 1. The van der Waals surface area contributed by atoms with Crippen molar-refractivity contribution in [1.29, 1.82) is 0 Å². The van der Waals surface area contributed by atoms with Gasteiger partial charge in [0.05, 0.1) is 0 Å². The van der Waals surface area contributed by atoms with Crippen molar-refractivity contribution < 1.29 is 0 Å². The van der Waals surface area contributed by atoms with E-state index in [1.165, 1.54) is 0 Å². The first-order valence-corrected chi connectivity index (χ1v) is 5.05. The number of para-hydroxylation sites is 1. The highest BCUT2D eigenvalue weighted by Crippen LogP contribution is 2.23. The first kappa shape index (κ1) is 9.71. The van der Waals surface area contributed by atoms with Gasteiger partial charge in [-0.25, -0.2) is 0 Å². The third-order valence-corrected chi connectivity index (χ3v) is 2.28. The van der Waals surface area contributed by atoms with Crippen LogP contribution >= 0.6 is 0 Å². The van der Waals surface area contributed by atoms with Crippen LogP contribution in [0.2, 0.25) is 0 Å². The van der Waals surface area contributed by atoms with Crippen LogP contribution < -0.4 is 5.73 Å². The summed E-state index contributed by atoms with van der Waals surface area (Å²) in [7, 11) is 0. The molecular formula is C11H14N4. The van der Waals surface area contributed by atoms with E-state index in [4.69, 9.17) is 5.73 Å². The zero-order chi connectivity index (χ0) is 10.7. The van der Waals surface area contributed by atoms with E-state index in [9.17, 15) is 0 Å². The first-order chi connectivity index (χ1) is 7.33. The van der Waals surface area contributed by atoms with E-state index in [1.54, 1.807) is 6.33 Å². The van der Waals surface area contributed by atoms with Gasteiger partial charge < -0.3 is 10.3 Å². The Morgan fingerprint density at radius 2 is 2.13 bits per heavy atom. The van der Waals surface area contributed by atoms with Gasteiger partial charge in [-0.2, -0.15) is 0 Å². The molecule has 4 nitrogen and oxygen atoms in total. The maximum atomic E-state index is 5.90. The molecule has 0 unspecified atom stereocenters. The van der Waals surface area contributed by atoms with Crippen molar-refractivity contribution >= 4 is 5.69 Å². The largest absolute Gasteiger partial charge is 0.398 e. The molecule has 0 amide bonds. The molecule has 1 aromatic carbocycles. The van der Waals surface area contributed by atoms with Gasteiger partial charge in [-0.05, 0) is 18.6 Å². The van der Waals surface area contributed by atoms with Gasteiger partial charge in [0.1, 0.15) is 6.33 Å². The normalized spacial score (nSPS) is 10.5. The van der Waals surface area contributed by atoms with Gasteiger partial charge >= 0.3 is 0 Å². The lowest BCUT2D eigenvalue weighted by Crippen LogP contribution is -2.00. The average Bonchev–Trinajstić information content (AvgIpc) is 2.67. The van der Waals surface area contributed by atoms with E-state index in [0.717, 1.165) is 30.0 Å². The highest BCUT2D eigenvalue weighted by molar-refractivity contribution is 5.71. The summed E-state index contributed by atoms with van der Waals surface area (Å²) >= 11 is 0. The van der Waals surface area contributed by atoms with Crippen molar-refractivity contribution in [2.45, 2.75) is 19.9 Å². The summed E-state index contributed by atoms with van der Waals surface area (Å²) in [5.74, 6) is 0.843. The second-order valence-electron chi connectivity index (χ2n) is 3.44. The van der Waals surface area contributed by atoms with Gasteiger partial charge in [0, 0.05) is 17.8 Å². The Morgan fingerprint density at radius 1 is 1.33 bits per heavy atom.